The number of hydrogen-bond donors (Lipinski definition) is 1. The fraction of sp³-hybridized carbons (Fsp3) is 0.346. The van der Waals surface area contributed by atoms with E-state index in [1.807, 2.05) is 63.2 Å². The lowest BCUT2D eigenvalue weighted by Gasteiger charge is -2.27. The van der Waals surface area contributed by atoms with E-state index in [1.165, 1.54) is 4.57 Å². The molecular weight excluding hydrogens is 400 g/mol. The maximum absolute atomic E-state index is 13.6. The molecule has 0 aliphatic carbocycles. The number of likely N-dealkylation sites (N-methyl/N-ethyl adjacent to an activating group) is 1. The summed E-state index contributed by atoms with van der Waals surface area (Å²) in [6, 6.07) is 13.7. The number of hydrogen-bond acceptors (Lipinski definition) is 4. The van der Waals surface area contributed by atoms with Gasteiger partial charge in [-0.3, -0.25) is 19.1 Å². The summed E-state index contributed by atoms with van der Waals surface area (Å²) < 4.78 is 1.53. The minimum atomic E-state index is -0.232. The van der Waals surface area contributed by atoms with Crippen molar-refractivity contribution >= 4 is 11.6 Å². The largest absolute Gasteiger partial charge is 0.324 e. The highest BCUT2D eigenvalue weighted by Gasteiger charge is 2.24. The molecule has 166 valence electrons. The minimum absolute atomic E-state index is 0.0811. The Bertz CT molecular complexity index is 1190. The number of amides is 1. The van der Waals surface area contributed by atoms with Gasteiger partial charge in [0.05, 0.1) is 11.3 Å². The van der Waals surface area contributed by atoms with Crippen LogP contribution in [0.5, 0.6) is 0 Å². The Kier molecular flexibility index (Phi) is 6.24. The highest BCUT2D eigenvalue weighted by Crippen LogP contribution is 2.23. The second-order valence-corrected chi connectivity index (χ2v) is 8.56. The molecule has 32 heavy (non-hydrogen) atoms. The van der Waals surface area contributed by atoms with Crippen molar-refractivity contribution in [3.05, 3.63) is 80.8 Å². The molecule has 0 spiro atoms. The van der Waals surface area contributed by atoms with Gasteiger partial charge in [-0.25, -0.2) is 4.98 Å². The number of carbonyl (C=O) groups excluding carboxylic acids is 1. The Morgan fingerprint density at radius 3 is 2.44 bits per heavy atom. The maximum Gasteiger partial charge on any atom is 0.259 e. The second-order valence-electron chi connectivity index (χ2n) is 8.56. The van der Waals surface area contributed by atoms with Gasteiger partial charge in [0, 0.05) is 30.8 Å². The van der Waals surface area contributed by atoms with Gasteiger partial charge in [0.2, 0.25) is 5.91 Å². The van der Waals surface area contributed by atoms with E-state index in [2.05, 4.69) is 17.1 Å². The van der Waals surface area contributed by atoms with Gasteiger partial charge >= 0.3 is 0 Å². The molecule has 0 unspecified atom stereocenters. The number of anilines is 1. The number of fused-ring (bicyclic) bond motifs is 1. The smallest absolute Gasteiger partial charge is 0.259 e. The molecule has 4 rings (SSSR count). The van der Waals surface area contributed by atoms with Crippen LogP contribution in [-0.4, -0.2) is 33.4 Å². The lowest BCUT2D eigenvalue weighted by Crippen LogP contribution is -2.39. The van der Waals surface area contributed by atoms with Gasteiger partial charge in [-0.05, 0) is 38.4 Å². The van der Waals surface area contributed by atoms with Gasteiger partial charge in [0.1, 0.15) is 12.4 Å². The number of aryl methyl sites for hydroxylation is 3. The Hall–Kier alpha value is -3.25. The zero-order valence-corrected chi connectivity index (χ0v) is 19.2. The van der Waals surface area contributed by atoms with Crippen LogP contribution in [0.4, 0.5) is 5.69 Å². The summed E-state index contributed by atoms with van der Waals surface area (Å²) in [6.07, 6.45) is 0.743. The molecule has 1 N–H and O–H groups in total. The number of rotatable bonds is 5. The Balaban J connectivity index is 1.74. The number of nitrogens with zero attached hydrogens (tertiary/aromatic N) is 3. The van der Waals surface area contributed by atoms with E-state index in [0.717, 1.165) is 53.1 Å². The van der Waals surface area contributed by atoms with E-state index < -0.39 is 0 Å². The lowest BCUT2D eigenvalue weighted by molar-refractivity contribution is -0.116. The number of benzene rings is 2. The first kappa shape index (κ1) is 22.0. The summed E-state index contributed by atoms with van der Waals surface area (Å²) >= 11 is 0. The molecule has 2 aromatic carbocycles. The van der Waals surface area contributed by atoms with Crippen LogP contribution in [0.25, 0.3) is 11.4 Å². The van der Waals surface area contributed by atoms with E-state index in [1.54, 1.807) is 0 Å². The van der Waals surface area contributed by atoms with Crippen LogP contribution in [0.2, 0.25) is 0 Å². The molecule has 0 radical (unpaired) electrons. The molecule has 1 amide bonds. The first-order valence-corrected chi connectivity index (χ1v) is 11.2. The third kappa shape index (κ3) is 4.36. The fourth-order valence-corrected chi connectivity index (χ4v) is 4.49. The molecule has 6 nitrogen and oxygen atoms in total. The summed E-state index contributed by atoms with van der Waals surface area (Å²) in [4.78, 5) is 33.7. The van der Waals surface area contributed by atoms with Crippen molar-refractivity contribution < 1.29 is 4.79 Å². The summed E-state index contributed by atoms with van der Waals surface area (Å²) in [5.74, 6) is 0.316. The summed E-state index contributed by atoms with van der Waals surface area (Å²) in [5, 5.41) is 3.02. The summed E-state index contributed by atoms with van der Waals surface area (Å²) in [5.41, 5.74) is 6.23. The van der Waals surface area contributed by atoms with Crippen molar-refractivity contribution in [2.24, 2.45) is 0 Å². The van der Waals surface area contributed by atoms with Crippen molar-refractivity contribution in [2.75, 3.05) is 18.4 Å². The fourth-order valence-electron chi connectivity index (χ4n) is 4.49. The van der Waals surface area contributed by atoms with Crippen LogP contribution < -0.4 is 10.9 Å². The van der Waals surface area contributed by atoms with E-state index in [4.69, 9.17) is 4.98 Å². The molecule has 0 bridgehead atoms. The summed E-state index contributed by atoms with van der Waals surface area (Å²) in [7, 11) is 0. The average molecular weight is 431 g/mol. The van der Waals surface area contributed by atoms with Crippen molar-refractivity contribution in [1.29, 1.82) is 0 Å². The zero-order valence-electron chi connectivity index (χ0n) is 19.2. The molecule has 0 saturated heterocycles. The Morgan fingerprint density at radius 2 is 1.78 bits per heavy atom. The predicted molar refractivity (Wildman–Crippen MR) is 128 cm³/mol. The Morgan fingerprint density at radius 1 is 1.09 bits per heavy atom. The quantitative estimate of drug-likeness (QED) is 0.668. The number of nitrogens with one attached hydrogen (secondary N) is 1. The van der Waals surface area contributed by atoms with Crippen LogP contribution in [0, 0.1) is 20.8 Å². The van der Waals surface area contributed by atoms with Crippen molar-refractivity contribution in [3.8, 4) is 11.4 Å². The first-order chi connectivity index (χ1) is 15.4. The van der Waals surface area contributed by atoms with Crippen LogP contribution in [-0.2, 0) is 24.3 Å². The molecule has 0 atom stereocenters. The Labute approximate surface area is 188 Å². The molecule has 0 saturated carbocycles. The third-order valence-corrected chi connectivity index (χ3v) is 6.12. The number of aromatic nitrogens is 2. The monoisotopic (exact) mass is 430 g/mol. The van der Waals surface area contributed by atoms with Crippen LogP contribution in [0.3, 0.4) is 0 Å². The van der Waals surface area contributed by atoms with E-state index in [-0.39, 0.29) is 18.0 Å². The molecular formula is C26H30N4O2. The van der Waals surface area contributed by atoms with Crippen LogP contribution >= 0.6 is 0 Å². The van der Waals surface area contributed by atoms with Gasteiger partial charge in [-0.15, -0.1) is 0 Å². The van der Waals surface area contributed by atoms with Gasteiger partial charge in [-0.2, -0.15) is 0 Å². The highest BCUT2D eigenvalue weighted by atomic mass is 16.2. The predicted octanol–water partition coefficient (Wildman–Crippen LogP) is 3.85. The van der Waals surface area contributed by atoms with Crippen LogP contribution in [0.1, 0.15) is 34.9 Å². The van der Waals surface area contributed by atoms with Crippen molar-refractivity contribution in [2.45, 2.75) is 47.2 Å². The van der Waals surface area contributed by atoms with Gasteiger partial charge in [-0.1, -0.05) is 55.0 Å². The van der Waals surface area contributed by atoms with E-state index in [0.29, 0.717) is 17.9 Å². The van der Waals surface area contributed by atoms with E-state index in [9.17, 15) is 9.59 Å². The first-order valence-electron chi connectivity index (χ1n) is 11.2. The standard InChI is InChI=1S/C26H30N4O2/c1-5-29-12-11-22-21(15-29)26(32)30(25(27-22)20-9-7-6-8-10-20)16-23(31)28-24-18(3)13-17(2)14-19(24)4/h6-10,13-14H,5,11-12,15-16H2,1-4H3,(H,28,31). The molecule has 6 heteroatoms. The van der Waals surface area contributed by atoms with Crippen molar-refractivity contribution in [1.82, 2.24) is 14.5 Å². The molecule has 2 heterocycles. The van der Waals surface area contributed by atoms with Gasteiger partial charge in [0.15, 0.2) is 0 Å². The molecule has 1 aliphatic rings. The minimum Gasteiger partial charge on any atom is -0.324 e. The second kappa shape index (κ2) is 9.09. The van der Waals surface area contributed by atoms with Crippen molar-refractivity contribution in [3.63, 3.8) is 0 Å². The van der Waals surface area contributed by atoms with Crippen LogP contribution in [0.15, 0.2) is 47.3 Å². The topological polar surface area (TPSA) is 67.2 Å². The molecule has 1 aliphatic heterocycles. The zero-order chi connectivity index (χ0) is 22.8. The van der Waals surface area contributed by atoms with E-state index >= 15 is 0 Å². The molecule has 3 aromatic rings. The maximum atomic E-state index is 13.6. The molecule has 0 fully saturated rings. The normalized spacial score (nSPS) is 13.6. The average Bonchev–Trinajstić information content (AvgIpc) is 2.78. The summed E-state index contributed by atoms with van der Waals surface area (Å²) in [6.45, 7) is 10.4. The lowest BCUT2D eigenvalue weighted by atomic mass is 10.0. The third-order valence-electron chi connectivity index (χ3n) is 6.12. The van der Waals surface area contributed by atoms with Gasteiger partial charge in [0.25, 0.3) is 5.56 Å². The SMILES string of the molecule is CCN1CCc2nc(-c3ccccc3)n(CC(=O)Nc3c(C)cc(C)cc3C)c(=O)c2C1. The highest BCUT2D eigenvalue weighted by molar-refractivity contribution is 5.92. The number of carbonyl (C=O) groups is 1. The van der Waals surface area contributed by atoms with Gasteiger partial charge < -0.3 is 5.32 Å². The molecule has 1 aromatic heterocycles.